The van der Waals surface area contributed by atoms with E-state index in [1.54, 1.807) is 48.2 Å². The van der Waals surface area contributed by atoms with Crippen LogP contribution in [-0.2, 0) is 26.1 Å². The molecule has 0 N–H and O–H groups in total. The first-order valence-electron chi connectivity index (χ1n) is 12.6. The first-order chi connectivity index (χ1) is 18.3. The van der Waals surface area contributed by atoms with Crippen molar-refractivity contribution in [3.8, 4) is 5.75 Å². The fourth-order valence-corrected chi connectivity index (χ4v) is 6.11. The smallest absolute Gasteiger partial charge is 0.310 e. The lowest BCUT2D eigenvalue weighted by Crippen LogP contribution is -2.42. The molecule has 0 bridgehead atoms. The van der Waals surface area contributed by atoms with Gasteiger partial charge in [-0.25, -0.2) is 8.42 Å². The van der Waals surface area contributed by atoms with Gasteiger partial charge < -0.3 is 14.4 Å². The summed E-state index contributed by atoms with van der Waals surface area (Å²) in [5.74, 6) is -0.596. The van der Waals surface area contributed by atoms with Gasteiger partial charge >= 0.3 is 5.97 Å². The van der Waals surface area contributed by atoms with E-state index in [9.17, 15) is 18.0 Å². The van der Waals surface area contributed by atoms with Crippen molar-refractivity contribution in [3.63, 3.8) is 0 Å². The molecular weight excluding hydrogens is 504 g/mol. The number of nitrogens with zero attached hydrogens (tertiary/aromatic N) is 2. The molecule has 8 nitrogen and oxygen atoms in total. The minimum Gasteiger partial charge on any atom is -0.495 e. The highest BCUT2D eigenvalue weighted by Crippen LogP contribution is 2.34. The van der Waals surface area contributed by atoms with E-state index >= 15 is 0 Å². The van der Waals surface area contributed by atoms with Crippen LogP contribution in [0.1, 0.15) is 35.7 Å². The maximum absolute atomic E-state index is 14.1. The van der Waals surface area contributed by atoms with Gasteiger partial charge in [-0.15, -0.1) is 0 Å². The Balaban J connectivity index is 1.66. The van der Waals surface area contributed by atoms with E-state index in [4.69, 9.17) is 9.47 Å². The Kier molecular flexibility index (Phi) is 8.68. The van der Waals surface area contributed by atoms with Crippen LogP contribution in [0, 0.1) is 5.92 Å². The number of esters is 1. The Hall–Kier alpha value is -3.85. The Morgan fingerprint density at radius 1 is 1.00 bits per heavy atom. The maximum atomic E-state index is 14.1. The minimum atomic E-state index is -4.09. The molecule has 200 valence electrons. The molecular formula is C29H32N2O6S. The maximum Gasteiger partial charge on any atom is 0.310 e. The number of anilines is 1. The van der Waals surface area contributed by atoms with Crippen LogP contribution in [0.3, 0.4) is 0 Å². The van der Waals surface area contributed by atoms with Crippen LogP contribution in [0.5, 0.6) is 5.75 Å². The van der Waals surface area contributed by atoms with Gasteiger partial charge in [0.2, 0.25) is 0 Å². The van der Waals surface area contributed by atoms with Crippen molar-refractivity contribution in [2.45, 2.75) is 31.2 Å². The van der Waals surface area contributed by atoms with Crippen LogP contribution in [0.4, 0.5) is 5.69 Å². The molecule has 0 aliphatic carbocycles. The number of rotatable bonds is 9. The molecule has 1 aliphatic heterocycles. The SMILES string of the molecule is CCOC(=O)C1CCCN(C(=O)c2cccc(S(=O)(=O)N(Cc3ccccc3)c3ccccc3OC)c2)C1. The summed E-state index contributed by atoms with van der Waals surface area (Å²) in [5.41, 5.74) is 1.44. The third-order valence-corrected chi connectivity index (χ3v) is 8.28. The van der Waals surface area contributed by atoms with Crippen molar-refractivity contribution >= 4 is 27.6 Å². The summed E-state index contributed by atoms with van der Waals surface area (Å²) in [5, 5.41) is 0. The van der Waals surface area contributed by atoms with Gasteiger partial charge in [-0.3, -0.25) is 13.9 Å². The highest BCUT2D eigenvalue weighted by Gasteiger charge is 2.32. The molecule has 0 spiro atoms. The Morgan fingerprint density at radius 3 is 2.47 bits per heavy atom. The number of hydrogen-bond acceptors (Lipinski definition) is 6. The summed E-state index contributed by atoms with van der Waals surface area (Å²) in [6.07, 6.45) is 1.33. The standard InChI is InChI=1S/C29H32N2O6S/c1-3-37-29(33)24-14-10-18-30(21-24)28(32)23-13-9-15-25(19-23)38(34,35)31(20-22-11-5-4-6-12-22)26-16-7-8-17-27(26)36-2/h4-9,11-13,15-17,19,24H,3,10,14,18,20-21H2,1-2H3. The number of para-hydroxylation sites is 2. The highest BCUT2D eigenvalue weighted by atomic mass is 32.2. The first-order valence-corrected chi connectivity index (χ1v) is 14.0. The van der Waals surface area contributed by atoms with Gasteiger partial charge in [-0.1, -0.05) is 48.5 Å². The summed E-state index contributed by atoms with van der Waals surface area (Å²) in [6.45, 7) is 2.86. The van der Waals surface area contributed by atoms with Crippen molar-refractivity contribution in [1.29, 1.82) is 0 Å². The zero-order valence-corrected chi connectivity index (χ0v) is 22.4. The predicted molar refractivity (Wildman–Crippen MR) is 145 cm³/mol. The van der Waals surface area contributed by atoms with E-state index in [1.165, 1.54) is 23.5 Å². The Labute approximate surface area is 223 Å². The van der Waals surface area contributed by atoms with E-state index in [0.29, 0.717) is 30.8 Å². The molecule has 1 fully saturated rings. The minimum absolute atomic E-state index is 0.0101. The van der Waals surface area contributed by atoms with E-state index in [2.05, 4.69) is 0 Å². The molecule has 0 radical (unpaired) electrons. The molecule has 1 saturated heterocycles. The molecule has 0 aromatic heterocycles. The summed E-state index contributed by atoms with van der Waals surface area (Å²) in [6, 6.07) is 22.3. The van der Waals surface area contributed by atoms with Crippen LogP contribution in [0.2, 0.25) is 0 Å². The fraction of sp³-hybridized carbons (Fsp3) is 0.310. The van der Waals surface area contributed by atoms with Gasteiger partial charge in [0.15, 0.2) is 0 Å². The zero-order chi connectivity index (χ0) is 27.1. The topological polar surface area (TPSA) is 93.2 Å². The summed E-state index contributed by atoms with van der Waals surface area (Å²) in [7, 11) is -2.60. The van der Waals surface area contributed by atoms with Crippen LogP contribution < -0.4 is 9.04 Å². The second-order valence-corrected chi connectivity index (χ2v) is 10.9. The van der Waals surface area contributed by atoms with Gasteiger partial charge in [-0.05, 0) is 55.7 Å². The summed E-state index contributed by atoms with van der Waals surface area (Å²) >= 11 is 0. The molecule has 38 heavy (non-hydrogen) atoms. The quantitative estimate of drug-likeness (QED) is 0.374. The Morgan fingerprint density at radius 2 is 1.74 bits per heavy atom. The number of sulfonamides is 1. The number of carbonyl (C=O) groups is 2. The summed E-state index contributed by atoms with van der Waals surface area (Å²) < 4.78 is 40.0. The molecule has 1 aliphatic rings. The van der Waals surface area contributed by atoms with Crippen molar-refractivity contribution in [2.75, 3.05) is 31.1 Å². The molecule has 1 amide bonds. The number of likely N-dealkylation sites (tertiary alicyclic amines) is 1. The lowest BCUT2D eigenvalue weighted by Gasteiger charge is -2.31. The van der Waals surface area contributed by atoms with Crippen LogP contribution in [-0.4, -0.2) is 52.0 Å². The molecule has 1 heterocycles. The molecule has 3 aromatic rings. The first kappa shape index (κ1) is 27.2. The average Bonchev–Trinajstić information content (AvgIpc) is 2.96. The van der Waals surface area contributed by atoms with Gasteiger partial charge in [0.05, 0.1) is 36.8 Å². The molecule has 1 atom stereocenters. The predicted octanol–water partition coefficient (Wildman–Crippen LogP) is 4.51. The third kappa shape index (κ3) is 5.99. The lowest BCUT2D eigenvalue weighted by atomic mass is 9.97. The molecule has 9 heteroatoms. The monoisotopic (exact) mass is 536 g/mol. The lowest BCUT2D eigenvalue weighted by molar-refractivity contribution is -0.149. The highest BCUT2D eigenvalue weighted by molar-refractivity contribution is 7.92. The number of carbonyl (C=O) groups excluding carboxylic acids is 2. The van der Waals surface area contributed by atoms with Gasteiger partial charge in [0.1, 0.15) is 5.75 Å². The van der Waals surface area contributed by atoms with E-state index in [1.807, 2.05) is 30.3 Å². The molecule has 1 unspecified atom stereocenters. The molecule has 4 rings (SSSR count). The van der Waals surface area contributed by atoms with Crippen molar-refractivity contribution in [2.24, 2.45) is 5.92 Å². The number of methoxy groups -OCH3 is 1. The zero-order valence-electron chi connectivity index (χ0n) is 21.6. The van der Waals surface area contributed by atoms with Crippen molar-refractivity contribution in [3.05, 3.63) is 90.0 Å². The van der Waals surface area contributed by atoms with E-state index in [0.717, 1.165) is 5.56 Å². The number of benzene rings is 3. The van der Waals surface area contributed by atoms with Crippen LogP contribution in [0.15, 0.2) is 83.8 Å². The van der Waals surface area contributed by atoms with Crippen LogP contribution in [0.25, 0.3) is 0 Å². The van der Waals surface area contributed by atoms with Gasteiger partial charge in [-0.2, -0.15) is 0 Å². The second kappa shape index (κ2) is 12.1. The Bertz CT molecular complexity index is 1380. The van der Waals surface area contributed by atoms with E-state index in [-0.39, 0.29) is 47.9 Å². The second-order valence-electron chi connectivity index (χ2n) is 9.04. The summed E-state index contributed by atoms with van der Waals surface area (Å²) in [4.78, 5) is 27.2. The van der Waals surface area contributed by atoms with Crippen molar-refractivity contribution < 1.29 is 27.5 Å². The van der Waals surface area contributed by atoms with Crippen molar-refractivity contribution in [1.82, 2.24) is 4.90 Å². The van der Waals surface area contributed by atoms with Gasteiger partial charge in [0, 0.05) is 18.7 Å². The number of hydrogen-bond donors (Lipinski definition) is 0. The number of ether oxygens (including phenoxy) is 2. The number of amides is 1. The van der Waals surface area contributed by atoms with Gasteiger partial charge in [0.25, 0.3) is 15.9 Å². The third-order valence-electron chi connectivity index (χ3n) is 6.52. The van der Waals surface area contributed by atoms with Crippen LogP contribution >= 0.6 is 0 Å². The molecule has 3 aromatic carbocycles. The average molecular weight is 537 g/mol. The molecule has 0 saturated carbocycles. The van der Waals surface area contributed by atoms with E-state index < -0.39 is 10.0 Å². The normalized spacial score (nSPS) is 15.5. The fourth-order valence-electron chi connectivity index (χ4n) is 4.60. The number of piperidine rings is 1. The largest absolute Gasteiger partial charge is 0.495 e.